The van der Waals surface area contributed by atoms with Crippen LogP contribution in [0.1, 0.15) is 60.6 Å². The van der Waals surface area contributed by atoms with Crippen molar-refractivity contribution >= 4 is 33.6 Å². The van der Waals surface area contributed by atoms with Crippen molar-refractivity contribution in [2.75, 3.05) is 0 Å². The Balaban J connectivity index is 1.69. The van der Waals surface area contributed by atoms with Gasteiger partial charge in [-0.05, 0) is 78.4 Å². The number of alkyl halides is 3. The van der Waals surface area contributed by atoms with Crippen LogP contribution in [0.4, 0.5) is 18.0 Å². The largest absolute Gasteiger partial charge is 0.439 e. The first kappa shape index (κ1) is 26.6. The Bertz CT molecular complexity index is 1310. The van der Waals surface area contributed by atoms with Gasteiger partial charge in [-0.2, -0.15) is 13.2 Å². The van der Waals surface area contributed by atoms with Gasteiger partial charge < -0.3 is 4.74 Å². The molecule has 1 amide bonds. The van der Waals surface area contributed by atoms with E-state index in [1.54, 1.807) is 24.8 Å². The van der Waals surface area contributed by atoms with Gasteiger partial charge in [0.15, 0.2) is 0 Å². The Morgan fingerprint density at radius 1 is 1.06 bits per heavy atom. The molecule has 1 aliphatic heterocycles. The number of cyclic esters (lactones) is 1. The van der Waals surface area contributed by atoms with Crippen LogP contribution in [0.2, 0.25) is 5.02 Å². The lowest BCUT2D eigenvalue weighted by molar-refractivity contribution is -0.137. The highest BCUT2D eigenvalue weighted by molar-refractivity contribution is 9.10. The van der Waals surface area contributed by atoms with Gasteiger partial charge in [-0.25, -0.2) is 4.79 Å². The monoisotopic (exact) mass is 579 g/mol. The van der Waals surface area contributed by atoms with Gasteiger partial charge in [-0.3, -0.25) is 4.90 Å². The molecule has 0 bridgehead atoms. The third kappa shape index (κ3) is 5.42. The number of amides is 1. The molecule has 0 saturated carbocycles. The number of hydrogen-bond donors (Lipinski definition) is 0. The zero-order valence-electron chi connectivity index (χ0n) is 20.3. The minimum absolute atomic E-state index is 0.214. The van der Waals surface area contributed by atoms with Gasteiger partial charge in [-0.1, -0.05) is 65.1 Å². The summed E-state index contributed by atoms with van der Waals surface area (Å²) in [6.45, 7) is 7.81. The molecule has 3 aromatic carbocycles. The average molecular weight is 581 g/mol. The molecule has 36 heavy (non-hydrogen) atoms. The zero-order valence-corrected chi connectivity index (χ0v) is 22.6. The molecule has 8 heteroatoms. The number of carbonyl (C=O) groups excluding carboxylic acids is 1. The summed E-state index contributed by atoms with van der Waals surface area (Å²) in [4.78, 5) is 14.5. The lowest BCUT2D eigenvalue weighted by Crippen LogP contribution is -2.31. The summed E-state index contributed by atoms with van der Waals surface area (Å²) in [6, 6.07) is 15.0. The minimum atomic E-state index is -4.48. The molecule has 3 aromatic rings. The number of hydrogen-bond acceptors (Lipinski definition) is 2. The molecule has 0 spiro atoms. The van der Waals surface area contributed by atoms with Gasteiger partial charge >= 0.3 is 12.3 Å². The summed E-state index contributed by atoms with van der Waals surface area (Å²) in [7, 11) is 0. The van der Waals surface area contributed by atoms with E-state index in [1.807, 2.05) is 30.3 Å². The first-order valence-corrected chi connectivity index (χ1v) is 12.8. The quantitative estimate of drug-likeness (QED) is 0.301. The van der Waals surface area contributed by atoms with Crippen LogP contribution in [-0.4, -0.2) is 17.0 Å². The SMILES string of the molecule is Cc1cc([C@H]2OC(=O)N(Cc3cc(Br)ccc3-c3cc(C(C)C)ccc3Cl)[C@H]2C)cc(C(F)(F)F)c1. The maximum Gasteiger partial charge on any atom is 0.416 e. The van der Waals surface area contributed by atoms with Crippen molar-refractivity contribution in [3.63, 3.8) is 0 Å². The molecular weight excluding hydrogens is 555 g/mol. The van der Waals surface area contributed by atoms with Crippen molar-refractivity contribution in [3.05, 3.63) is 91.9 Å². The summed E-state index contributed by atoms with van der Waals surface area (Å²) in [5.41, 5.74) is 3.74. The number of ether oxygens (including phenoxy) is 1. The number of benzene rings is 3. The van der Waals surface area contributed by atoms with Crippen molar-refractivity contribution in [1.82, 2.24) is 4.90 Å². The van der Waals surface area contributed by atoms with E-state index in [0.29, 0.717) is 22.1 Å². The predicted molar refractivity (Wildman–Crippen MR) is 139 cm³/mol. The smallest absolute Gasteiger partial charge is 0.416 e. The molecule has 1 aliphatic rings. The molecule has 3 nitrogen and oxygen atoms in total. The molecule has 0 N–H and O–H groups in total. The molecule has 190 valence electrons. The average Bonchev–Trinajstić information content (AvgIpc) is 3.07. The van der Waals surface area contributed by atoms with E-state index in [9.17, 15) is 18.0 Å². The van der Waals surface area contributed by atoms with Crippen molar-refractivity contribution < 1.29 is 22.7 Å². The maximum atomic E-state index is 13.4. The van der Waals surface area contributed by atoms with E-state index >= 15 is 0 Å². The standard InChI is InChI=1S/C28H26BrClF3NO2/c1-15(2)18-5-8-25(30)24(13-18)23-7-6-22(29)12-20(23)14-34-17(4)26(36-27(34)35)19-9-16(3)10-21(11-19)28(31,32)33/h5-13,15,17,26H,14H2,1-4H3/t17-,26-/m0/s1. The number of nitrogens with zero attached hydrogens (tertiary/aromatic N) is 1. The zero-order chi connectivity index (χ0) is 26.4. The van der Waals surface area contributed by atoms with Gasteiger partial charge in [-0.15, -0.1) is 0 Å². The van der Waals surface area contributed by atoms with Crippen LogP contribution in [0, 0.1) is 6.92 Å². The Kier molecular flexibility index (Phi) is 7.45. The second-order valence-corrected chi connectivity index (χ2v) is 10.8. The first-order valence-electron chi connectivity index (χ1n) is 11.6. The molecular formula is C28H26BrClF3NO2. The van der Waals surface area contributed by atoms with Gasteiger partial charge in [0, 0.05) is 15.1 Å². The minimum Gasteiger partial charge on any atom is -0.439 e. The van der Waals surface area contributed by atoms with Crippen molar-refractivity contribution in [2.24, 2.45) is 0 Å². The fourth-order valence-corrected chi connectivity index (χ4v) is 5.18. The second-order valence-electron chi connectivity index (χ2n) is 9.50. The molecule has 0 unspecified atom stereocenters. The number of halogens is 5. The van der Waals surface area contributed by atoms with Crippen molar-refractivity contribution in [1.29, 1.82) is 0 Å². The second kappa shape index (κ2) is 10.1. The number of carbonyl (C=O) groups is 1. The molecule has 0 aliphatic carbocycles. The molecule has 4 rings (SSSR count). The van der Waals surface area contributed by atoms with E-state index in [0.717, 1.165) is 38.9 Å². The number of aryl methyl sites for hydroxylation is 1. The fourth-order valence-electron chi connectivity index (χ4n) is 4.55. The van der Waals surface area contributed by atoms with Crippen molar-refractivity contribution in [2.45, 2.75) is 58.5 Å². The van der Waals surface area contributed by atoms with Crippen LogP contribution in [-0.2, 0) is 17.5 Å². The summed E-state index contributed by atoms with van der Waals surface area (Å²) in [6.07, 6.45) is -5.88. The van der Waals surface area contributed by atoms with Gasteiger partial charge in [0.2, 0.25) is 0 Å². The lowest BCUT2D eigenvalue weighted by atomic mass is 9.94. The van der Waals surface area contributed by atoms with Crippen LogP contribution in [0.15, 0.2) is 59.1 Å². The number of rotatable bonds is 5. The third-order valence-corrected chi connectivity index (χ3v) is 7.33. The Morgan fingerprint density at radius 2 is 1.78 bits per heavy atom. The molecule has 0 radical (unpaired) electrons. The highest BCUT2D eigenvalue weighted by Crippen LogP contribution is 2.40. The van der Waals surface area contributed by atoms with Crippen LogP contribution in [0.5, 0.6) is 0 Å². The Labute approximate surface area is 222 Å². The fraction of sp³-hybridized carbons (Fsp3) is 0.321. The van der Waals surface area contributed by atoms with E-state index in [1.165, 1.54) is 0 Å². The first-order chi connectivity index (χ1) is 16.8. The van der Waals surface area contributed by atoms with E-state index in [-0.39, 0.29) is 6.54 Å². The summed E-state index contributed by atoms with van der Waals surface area (Å²) < 4.78 is 46.6. The van der Waals surface area contributed by atoms with Crippen LogP contribution >= 0.6 is 27.5 Å². The third-order valence-electron chi connectivity index (χ3n) is 6.50. The Morgan fingerprint density at radius 3 is 2.44 bits per heavy atom. The molecule has 1 heterocycles. The normalized spacial score (nSPS) is 18.2. The highest BCUT2D eigenvalue weighted by Gasteiger charge is 2.41. The highest BCUT2D eigenvalue weighted by atomic mass is 79.9. The molecule has 1 fully saturated rings. The van der Waals surface area contributed by atoms with Gasteiger partial charge in [0.25, 0.3) is 0 Å². The topological polar surface area (TPSA) is 29.5 Å². The summed E-state index contributed by atoms with van der Waals surface area (Å²) >= 11 is 10.1. The van der Waals surface area contributed by atoms with Gasteiger partial charge in [0.05, 0.1) is 18.2 Å². The lowest BCUT2D eigenvalue weighted by Gasteiger charge is -2.23. The molecule has 2 atom stereocenters. The molecule has 1 saturated heterocycles. The van der Waals surface area contributed by atoms with Crippen LogP contribution in [0.25, 0.3) is 11.1 Å². The Hall–Kier alpha value is -2.51. The van der Waals surface area contributed by atoms with E-state index in [2.05, 4.69) is 35.8 Å². The van der Waals surface area contributed by atoms with Crippen LogP contribution in [0.3, 0.4) is 0 Å². The van der Waals surface area contributed by atoms with E-state index < -0.39 is 30.0 Å². The summed E-state index contributed by atoms with van der Waals surface area (Å²) in [5.74, 6) is 0.310. The molecule has 0 aromatic heterocycles. The summed E-state index contributed by atoms with van der Waals surface area (Å²) in [5, 5.41) is 0.595. The van der Waals surface area contributed by atoms with Crippen molar-refractivity contribution in [3.8, 4) is 11.1 Å². The van der Waals surface area contributed by atoms with Gasteiger partial charge in [0.1, 0.15) is 6.10 Å². The predicted octanol–water partition coefficient (Wildman–Crippen LogP) is 9.30. The van der Waals surface area contributed by atoms with E-state index in [4.69, 9.17) is 16.3 Å². The van der Waals surface area contributed by atoms with Crippen LogP contribution < -0.4 is 0 Å². The maximum absolute atomic E-state index is 13.4.